The zero-order valence-corrected chi connectivity index (χ0v) is 9.86. The van der Waals surface area contributed by atoms with E-state index in [4.69, 9.17) is 0 Å². The molecule has 7 nitrogen and oxygen atoms in total. The van der Waals surface area contributed by atoms with Gasteiger partial charge in [0.05, 0.1) is 11.5 Å². The summed E-state index contributed by atoms with van der Waals surface area (Å²) in [4.78, 5) is 10.6. The lowest BCUT2D eigenvalue weighted by Crippen LogP contribution is -2.44. The Balaban J connectivity index is 2.51. The van der Waals surface area contributed by atoms with Crippen LogP contribution < -0.4 is 20.5 Å². The monoisotopic (exact) mass is 238 g/mol. The number of nitrogens with one attached hydrogen (secondary N) is 3. The summed E-state index contributed by atoms with van der Waals surface area (Å²) in [6.07, 6.45) is 0. The van der Waals surface area contributed by atoms with E-state index in [9.17, 15) is 10.1 Å². The molecule has 2 heterocycles. The van der Waals surface area contributed by atoms with Gasteiger partial charge >= 0.3 is 11.5 Å². The van der Waals surface area contributed by atoms with Crippen molar-refractivity contribution in [3.8, 4) is 0 Å². The highest BCUT2D eigenvalue weighted by Crippen LogP contribution is 2.27. The second kappa shape index (κ2) is 4.54. The molecule has 0 fully saturated rings. The molecule has 7 heteroatoms. The van der Waals surface area contributed by atoms with Gasteiger partial charge in [-0.3, -0.25) is 15.4 Å². The van der Waals surface area contributed by atoms with Gasteiger partial charge in [0.1, 0.15) is 6.04 Å². The molecule has 0 spiro atoms. The maximum atomic E-state index is 10.9. The summed E-state index contributed by atoms with van der Waals surface area (Å²) in [5.41, 5.74) is 0.114. The van der Waals surface area contributed by atoms with Crippen LogP contribution in [0.3, 0.4) is 0 Å². The van der Waals surface area contributed by atoms with Crippen LogP contribution in [0.5, 0.6) is 0 Å². The van der Waals surface area contributed by atoms with Gasteiger partial charge in [0.25, 0.3) is 0 Å². The molecule has 17 heavy (non-hydrogen) atoms. The Labute approximate surface area is 99.0 Å². The number of nitro groups is 1. The molecule has 0 radical (unpaired) electrons. The highest BCUT2D eigenvalue weighted by molar-refractivity contribution is 5.56. The Morgan fingerprint density at radius 2 is 2.35 bits per heavy atom. The van der Waals surface area contributed by atoms with Crippen LogP contribution in [-0.2, 0) is 0 Å². The van der Waals surface area contributed by atoms with Crippen molar-refractivity contribution in [1.82, 2.24) is 5.32 Å². The van der Waals surface area contributed by atoms with Crippen LogP contribution in [0.4, 0.5) is 17.3 Å². The zero-order valence-electron chi connectivity index (χ0n) is 9.86. The van der Waals surface area contributed by atoms with Crippen molar-refractivity contribution in [2.45, 2.75) is 6.04 Å². The third-order valence-corrected chi connectivity index (χ3v) is 2.90. The van der Waals surface area contributed by atoms with Gasteiger partial charge in [-0.05, 0) is 7.05 Å². The van der Waals surface area contributed by atoms with Gasteiger partial charge in [0, 0.05) is 25.7 Å². The molecule has 0 bridgehead atoms. The van der Waals surface area contributed by atoms with E-state index in [1.807, 2.05) is 18.7 Å². The van der Waals surface area contributed by atoms with Crippen LogP contribution >= 0.6 is 0 Å². The van der Waals surface area contributed by atoms with Crippen LogP contribution in [0, 0.1) is 10.1 Å². The van der Waals surface area contributed by atoms with Crippen molar-refractivity contribution in [3.63, 3.8) is 0 Å². The van der Waals surface area contributed by atoms with Crippen molar-refractivity contribution in [3.05, 3.63) is 22.2 Å². The van der Waals surface area contributed by atoms with Crippen molar-refractivity contribution >= 4 is 17.3 Å². The average molecular weight is 238 g/mol. The van der Waals surface area contributed by atoms with E-state index >= 15 is 0 Å². The Bertz CT molecular complexity index is 449. The largest absolute Gasteiger partial charge is 0.341 e. The molecule has 1 unspecified atom stereocenters. The lowest BCUT2D eigenvalue weighted by atomic mass is 10.3. The Kier molecular flexibility index (Phi) is 3.10. The van der Waals surface area contributed by atoms with Crippen LogP contribution in [0.2, 0.25) is 0 Å². The topological polar surface area (TPSA) is 83.1 Å². The van der Waals surface area contributed by atoms with Crippen LogP contribution in [0.1, 0.15) is 6.04 Å². The maximum absolute atomic E-state index is 10.9. The number of likely N-dealkylation sites (N-methyl/N-ethyl adjacent to an activating group) is 1. The van der Waals surface area contributed by atoms with E-state index in [0.717, 1.165) is 12.4 Å². The summed E-state index contributed by atoms with van der Waals surface area (Å²) in [5, 5.41) is 20.2. The van der Waals surface area contributed by atoms with Gasteiger partial charge in [-0.25, -0.2) is 4.57 Å². The normalized spacial score (nSPS) is 17.4. The van der Waals surface area contributed by atoms with E-state index in [2.05, 4.69) is 16.0 Å². The first kappa shape index (κ1) is 11.6. The average Bonchev–Trinajstić information content (AvgIpc) is 2.72. The molecule has 92 valence electrons. The molecule has 1 atom stereocenters. The minimum Gasteiger partial charge on any atom is -0.316 e. The predicted molar refractivity (Wildman–Crippen MR) is 64.3 cm³/mol. The van der Waals surface area contributed by atoms with Gasteiger partial charge in [0.15, 0.2) is 0 Å². The number of nitrogens with zero attached hydrogens (tertiary/aromatic N) is 2. The third kappa shape index (κ3) is 1.89. The minimum atomic E-state index is -0.361. The molecule has 0 saturated carbocycles. The van der Waals surface area contributed by atoms with E-state index in [1.54, 1.807) is 6.07 Å². The van der Waals surface area contributed by atoms with Crippen LogP contribution in [0.15, 0.2) is 12.1 Å². The Morgan fingerprint density at radius 3 is 2.94 bits per heavy atom. The summed E-state index contributed by atoms with van der Waals surface area (Å²) >= 11 is 0. The number of fused-ring (bicyclic) bond motifs is 1. The van der Waals surface area contributed by atoms with E-state index in [0.29, 0.717) is 12.4 Å². The molecule has 0 aromatic carbocycles. The molecular formula is C10H16N5O2+. The standard InChI is InChI=1S/C10H15N5O2/c1-11-5-7-6-13-10-8(15(16)17)3-4-9(12-2)14(7)10/h3-4,7,11H,5-6H2,1-2H3,(H,12,13)/p+1. The summed E-state index contributed by atoms with van der Waals surface area (Å²) in [6, 6.07) is 3.43. The lowest BCUT2D eigenvalue weighted by Gasteiger charge is -2.11. The first-order valence-corrected chi connectivity index (χ1v) is 5.48. The number of pyridine rings is 1. The fraction of sp³-hybridized carbons (Fsp3) is 0.500. The number of anilines is 2. The van der Waals surface area contributed by atoms with Crippen LogP contribution in [0.25, 0.3) is 0 Å². The van der Waals surface area contributed by atoms with Crippen LogP contribution in [-0.4, -0.2) is 32.1 Å². The smallest absolute Gasteiger partial charge is 0.316 e. The first-order valence-electron chi connectivity index (χ1n) is 5.48. The molecule has 0 aliphatic carbocycles. The molecule has 1 aromatic rings. The zero-order chi connectivity index (χ0) is 12.4. The van der Waals surface area contributed by atoms with Gasteiger partial charge in [-0.1, -0.05) is 0 Å². The third-order valence-electron chi connectivity index (χ3n) is 2.90. The minimum absolute atomic E-state index is 0.114. The van der Waals surface area contributed by atoms with E-state index in [1.165, 1.54) is 6.07 Å². The summed E-state index contributed by atoms with van der Waals surface area (Å²) in [6.45, 7) is 1.46. The highest BCUT2D eigenvalue weighted by atomic mass is 16.6. The predicted octanol–water partition coefficient (Wildman–Crippen LogP) is 0.110. The summed E-state index contributed by atoms with van der Waals surface area (Å²) < 4.78 is 1.94. The quantitative estimate of drug-likeness (QED) is 0.394. The molecule has 2 rings (SSSR count). The maximum Gasteiger partial charge on any atom is 0.341 e. The molecule has 3 N–H and O–H groups in total. The Morgan fingerprint density at radius 1 is 1.59 bits per heavy atom. The molecule has 1 aromatic heterocycles. The van der Waals surface area contributed by atoms with Gasteiger partial charge < -0.3 is 10.6 Å². The number of aromatic nitrogens is 1. The first-order chi connectivity index (χ1) is 8.19. The van der Waals surface area contributed by atoms with E-state index in [-0.39, 0.29) is 16.7 Å². The number of hydrogen-bond acceptors (Lipinski definition) is 5. The lowest BCUT2D eigenvalue weighted by molar-refractivity contribution is -0.683. The van der Waals surface area contributed by atoms with Crippen molar-refractivity contribution in [1.29, 1.82) is 0 Å². The summed E-state index contributed by atoms with van der Waals surface area (Å²) in [7, 11) is 3.68. The van der Waals surface area contributed by atoms with Gasteiger partial charge in [0.2, 0.25) is 5.82 Å². The second-order valence-electron chi connectivity index (χ2n) is 3.92. The molecule has 0 saturated heterocycles. The van der Waals surface area contributed by atoms with Crippen molar-refractivity contribution in [2.24, 2.45) is 0 Å². The van der Waals surface area contributed by atoms with Crippen molar-refractivity contribution in [2.75, 3.05) is 37.8 Å². The van der Waals surface area contributed by atoms with Crippen molar-refractivity contribution < 1.29 is 9.49 Å². The highest BCUT2D eigenvalue weighted by Gasteiger charge is 2.35. The van der Waals surface area contributed by atoms with Gasteiger partial charge in [-0.15, -0.1) is 0 Å². The van der Waals surface area contributed by atoms with Gasteiger partial charge in [-0.2, -0.15) is 0 Å². The molecule has 0 amide bonds. The SMILES string of the molecule is CNCC1CNc2c([N+](=O)[O-])ccc(NC)[n+]21. The second-order valence-corrected chi connectivity index (χ2v) is 3.92. The number of hydrogen-bond donors (Lipinski definition) is 3. The number of rotatable bonds is 4. The molecule has 1 aliphatic rings. The fourth-order valence-corrected chi connectivity index (χ4v) is 2.17. The Hall–Kier alpha value is -1.89. The fourth-order valence-electron chi connectivity index (χ4n) is 2.17. The van der Waals surface area contributed by atoms with E-state index < -0.39 is 0 Å². The summed E-state index contributed by atoms with van der Waals surface area (Å²) in [5.74, 6) is 1.44. The molecule has 1 aliphatic heterocycles. The molecular weight excluding hydrogens is 222 g/mol.